The van der Waals surface area contributed by atoms with Crippen LogP contribution in [0, 0.1) is 28.7 Å². The number of thiophene rings is 1. The van der Waals surface area contributed by atoms with Crippen molar-refractivity contribution >= 4 is 60.8 Å². The molecule has 1 aromatic heterocycles. The number of hydrogen-bond donors (Lipinski definition) is 1. The topological polar surface area (TPSA) is 52.9 Å². The summed E-state index contributed by atoms with van der Waals surface area (Å²) in [4.78, 5) is 13.4. The Hall–Kier alpha value is -0.910. The first-order valence-electron chi connectivity index (χ1n) is 5.70. The summed E-state index contributed by atoms with van der Waals surface area (Å²) in [5.41, 5.74) is 2.03. The van der Waals surface area contributed by atoms with Gasteiger partial charge in [-0.05, 0) is 76.1 Å². The SMILES string of the molecule is Cc1sc(NC(=O)c2cc(I)ccc2Br)c(C#N)c1C. The summed E-state index contributed by atoms with van der Waals surface area (Å²) in [5.74, 6) is -0.215. The number of halogens is 2. The molecule has 6 heteroatoms. The van der Waals surface area contributed by atoms with Gasteiger partial charge in [-0.25, -0.2) is 0 Å². The van der Waals surface area contributed by atoms with E-state index in [0.717, 1.165) is 18.5 Å². The van der Waals surface area contributed by atoms with E-state index in [1.807, 2.05) is 26.0 Å². The number of rotatable bonds is 2. The number of nitrogens with zero attached hydrogens (tertiary/aromatic N) is 1. The quantitative estimate of drug-likeness (QED) is 0.651. The average Bonchev–Trinajstić information content (AvgIpc) is 2.67. The Morgan fingerprint density at radius 3 is 2.80 bits per heavy atom. The maximum Gasteiger partial charge on any atom is 0.257 e. The normalized spacial score (nSPS) is 10.2. The van der Waals surface area contributed by atoms with Crippen molar-refractivity contribution in [1.82, 2.24) is 0 Å². The van der Waals surface area contributed by atoms with E-state index in [1.54, 1.807) is 6.07 Å². The molecule has 0 spiro atoms. The standard InChI is InChI=1S/C14H10BrIN2OS/c1-7-8(2)20-14(11(7)6-17)18-13(19)10-5-9(16)3-4-12(10)15/h3-5H,1-2H3,(H,18,19). The lowest BCUT2D eigenvalue weighted by atomic mass is 10.2. The van der Waals surface area contributed by atoms with Crippen molar-refractivity contribution < 1.29 is 4.79 Å². The van der Waals surface area contributed by atoms with Gasteiger partial charge in [0.25, 0.3) is 5.91 Å². The van der Waals surface area contributed by atoms with E-state index in [2.05, 4.69) is 49.9 Å². The molecule has 0 unspecified atom stereocenters. The number of carbonyl (C=O) groups excluding carboxylic acids is 1. The van der Waals surface area contributed by atoms with Crippen LogP contribution in [0.4, 0.5) is 5.00 Å². The summed E-state index contributed by atoms with van der Waals surface area (Å²) < 4.78 is 1.72. The van der Waals surface area contributed by atoms with Gasteiger partial charge in [-0.15, -0.1) is 11.3 Å². The van der Waals surface area contributed by atoms with E-state index in [0.29, 0.717) is 16.1 Å². The van der Waals surface area contributed by atoms with E-state index in [4.69, 9.17) is 0 Å². The van der Waals surface area contributed by atoms with Gasteiger partial charge in [-0.1, -0.05) is 0 Å². The van der Waals surface area contributed by atoms with Gasteiger partial charge in [0.1, 0.15) is 11.1 Å². The minimum Gasteiger partial charge on any atom is -0.312 e. The van der Waals surface area contributed by atoms with Gasteiger partial charge in [0.2, 0.25) is 0 Å². The number of benzene rings is 1. The highest BCUT2D eigenvalue weighted by Gasteiger charge is 2.17. The molecule has 0 saturated heterocycles. The van der Waals surface area contributed by atoms with E-state index in [1.165, 1.54) is 11.3 Å². The maximum atomic E-state index is 12.3. The van der Waals surface area contributed by atoms with E-state index in [9.17, 15) is 10.1 Å². The Bertz CT molecular complexity index is 734. The van der Waals surface area contributed by atoms with Crippen LogP contribution in [0.15, 0.2) is 22.7 Å². The summed E-state index contributed by atoms with van der Waals surface area (Å²) in [5, 5.41) is 12.6. The number of aryl methyl sites for hydroxylation is 1. The number of carbonyl (C=O) groups is 1. The summed E-state index contributed by atoms with van der Waals surface area (Å²) in [6, 6.07) is 7.71. The van der Waals surface area contributed by atoms with Crippen molar-refractivity contribution in [2.75, 3.05) is 5.32 Å². The van der Waals surface area contributed by atoms with Crippen LogP contribution in [-0.2, 0) is 0 Å². The molecule has 0 atom stereocenters. The molecule has 1 heterocycles. The van der Waals surface area contributed by atoms with Crippen LogP contribution < -0.4 is 5.32 Å². The molecule has 0 aliphatic heterocycles. The highest BCUT2D eigenvalue weighted by molar-refractivity contribution is 14.1. The smallest absolute Gasteiger partial charge is 0.257 e. The lowest BCUT2D eigenvalue weighted by Gasteiger charge is -2.06. The Balaban J connectivity index is 2.36. The molecule has 0 aliphatic carbocycles. The van der Waals surface area contributed by atoms with Crippen molar-refractivity contribution in [2.24, 2.45) is 0 Å². The third kappa shape index (κ3) is 3.05. The van der Waals surface area contributed by atoms with Crippen LogP contribution in [0.25, 0.3) is 0 Å². The van der Waals surface area contributed by atoms with Crippen LogP contribution in [0.5, 0.6) is 0 Å². The zero-order chi connectivity index (χ0) is 14.9. The summed E-state index contributed by atoms with van der Waals surface area (Å²) in [6.07, 6.45) is 0. The number of anilines is 1. The minimum absolute atomic E-state index is 0.215. The second-order valence-corrected chi connectivity index (χ2v) is 7.50. The molecule has 102 valence electrons. The van der Waals surface area contributed by atoms with E-state index < -0.39 is 0 Å². The number of hydrogen-bond acceptors (Lipinski definition) is 3. The van der Waals surface area contributed by atoms with Crippen LogP contribution in [0.1, 0.15) is 26.4 Å². The predicted octanol–water partition coefficient (Wildman–Crippen LogP) is 4.86. The Morgan fingerprint density at radius 1 is 1.45 bits per heavy atom. The molecule has 0 radical (unpaired) electrons. The molecule has 0 fully saturated rings. The molecule has 0 bridgehead atoms. The van der Waals surface area contributed by atoms with Gasteiger partial charge in [0, 0.05) is 12.9 Å². The van der Waals surface area contributed by atoms with Crippen LogP contribution >= 0.6 is 49.9 Å². The second-order valence-electron chi connectivity index (χ2n) is 4.18. The second kappa shape index (κ2) is 6.24. The van der Waals surface area contributed by atoms with E-state index in [-0.39, 0.29) is 5.91 Å². The fourth-order valence-corrected chi connectivity index (χ4v) is 3.62. The van der Waals surface area contributed by atoms with Gasteiger partial charge in [0.05, 0.1) is 11.1 Å². The first kappa shape index (κ1) is 15.5. The fraction of sp³-hybridized carbons (Fsp3) is 0.143. The zero-order valence-corrected chi connectivity index (χ0v) is 15.3. The molecule has 1 amide bonds. The van der Waals surface area contributed by atoms with Crippen molar-refractivity contribution in [3.63, 3.8) is 0 Å². The number of amides is 1. The van der Waals surface area contributed by atoms with Crippen LogP contribution in [-0.4, -0.2) is 5.91 Å². The highest BCUT2D eigenvalue weighted by atomic mass is 127. The van der Waals surface area contributed by atoms with Gasteiger partial charge >= 0.3 is 0 Å². The Morgan fingerprint density at radius 2 is 2.15 bits per heavy atom. The predicted molar refractivity (Wildman–Crippen MR) is 93.3 cm³/mol. The minimum atomic E-state index is -0.215. The number of nitriles is 1. The fourth-order valence-electron chi connectivity index (χ4n) is 1.69. The van der Waals surface area contributed by atoms with Gasteiger partial charge in [-0.3, -0.25) is 4.79 Å². The highest BCUT2D eigenvalue weighted by Crippen LogP contribution is 2.32. The summed E-state index contributed by atoms with van der Waals surface area (Å²) in [6.45, 7) is 3.83. The Kier molecular flexibility index (Phi) is 4.83. The van der Waals surface area contributed by atoms with Crippen molar-refractivity contribution in [1.29, 1.82) is 5.26 Å². The lowest BCUT2D eigenvalue weighted by Crippen LogP contribution is -2.12. The molecule has 3 nitrogen and oxygen atoms in total. The Labute approximate surface area is 143 Å². The van der Waals surface area contributed by atoms with Crippen LogP contribution in [0.3, 0.4) is 0 Å². The zero-order valence-electron chi connectivity index (χ0n) is 10.8. The molecule has 2 aromatic rings. The first-order chi connectivity index (χ1) is 9.43. The van der Waals surface area contributed by atoms with E-state index >= 15 is 0 Å². The van der Waals surface area contributed by atoms with Crippen LogP contribution in [0.2, 0.25) is 0 Å². The first-order valence-corrected chi connectivity index (χ1v) is 8.39. The molecule has 1 aromatic carbocycles. The van der Waals surface area contributed by atoms with Gasteiger partial charge < -0.3 is 5.32 Å². The molecular formula is C14H10BrIN2OS. The largest absolute Gasteiger partial charge is 0.312 e. The third-order valence-corrected chi connectivity index (χ3v) is 5.38. The number of nitrogens with one attached hydrogen (secondary N) is 1. The average molecular weight is 461 g/mol. The molecule has 0 aliphatic rings. The van der Waals surface area contributed by atoms with Gasteiger partial charge in [0.15, 0.2) is 0 Å². The van der Waals surface area contributed by atoms with Gasteiger partial charge in [-0.2, -0.15) is 5.26 Å². The summed E-state index contributed by atoms with van der Waals surface area (Å²) >= 11 is 6.96. The lowest BCUT2D eigenvalue weighted by molar-refractivity contribution is 0.102. The monoisotopic (exact) mass is 460 g/mol. The summed E-state index contributed by atoms with van der Waals surface area (Å²) in [7, 11) is 0. The maximum absolute atomic E-state index is 12.3. The molecule has 0 saturated carbocycles. The molecule has 1 N–H and O–H groups in total. The van der Waals surface area contributed by atoms with Crippen molar-refractivity contribution in [3.8, 4) is 6.07 Å². The van der Waals surface area contributed by atoms with Crippen molar-refractivity contribution in [2.45, 2.75) is 13.8 Å². The van der Waals surface area contributed by atoms with Crippen molar-refractivity contribution in [3.05, 3.63) is 47.8 Å². The molecule has 20 heavy (non-hydrogen) atoms. The molecule has 2 rings (SSSR count). The molecular weight excluding hydrogens is 451 g/mol. The third-order valence-electron chi connectivity index (χ3n) is 2.90.